The highest BCUT2D eigenvalue weighted by molar-refractivity contribution is 8.02. The first kappa shape index (κ1) is 11.5. The summed E-state index contributed by atoms with van der Waals surface area (Å²) < 4.78 is 18.2. The Balaban J connectivity index is 2.48. The zero-order valence-corrected chi connectivity index (χ0v) is 9.45. The van der Waals surface area contributed by atoms with Crippen LogP contribution >= 0.6 is 23.1 Å². The van der Waals surface area contributed by atoms with E-state index in [2.05, 4.69) is 9.72 Å². The molecule has 6 heteroatoms. The molecule has 0 bridgehead atoms. The third-order valence-corrected chi connectivity index (χ3v) is 3.30. The van der Waals surface area contributed by atoms with Crippen LogP contribution in [0.4, 0.5) is 4.39 Å². The third kappa shape index (κ3) is 3.26. The third-order valence-electron chi connectivity index (χ3n) is 1.27. The molecule has 1 aromatic heterocycles. The van der Waals surface area contributed by atoms with Gasteiger partial charge in [0.1, 0.15) is 0 Å². The second-order valence-electron chi connectivity index (χ2n) is 2.44. The monoisotopic (exact) mass is 235 g/mol. The van der Waals surface area contributed by atoms with Crippen molar-refractivity contribution in [2.45, 2.75) is 23.7 Å². The van der Waals surface area contributed by atoms with Crippen molar-refractivity contribution in [2.75, 3.05) is 6.61 Å². The van der Waals surface area contributed by atoms with Gasteiger partial charge in [-0.2, -0.15) is 0 Å². The number of rotatable bonds is 4. The fourth-order valence-corrected chi connectivity index (χ4v) is 2.41. The van der Waals surface area contributed by atoms with Crippen molar-refractivity contribution < 1.29 is 13.9 Å². The predicted octanol–water partition coefficient (Wildman–Crippen LogP) is 2.40. The Labute approximate surface area is 89.7 Å². The molecule has 14 heavy (non-hydrogen) atoms. The minimum Gasteiger partial charge on any atom is -0.463 e. The second kappa shape index (κ2) is 5.31. The topological polar surface area (TPSA) is 39.2 Å². The van der Waals surface area contributed by atoms with Gasteiger partial charge in [-0.25, -0.2) is 14.2 Å². The molecule has 1 aromatic rings. The van der Waals surface area contributed by atoms with Crippen molar-refractivity contribution >= 4 is 29.1 Å². The summed E-state index contributed by atoms with van der Waals surface area (Å²) in [7, 11) is 0. The van der Waals surface area contributed by atoms with E-state index in [1.807, 2.05) is 6.92 Å². The first-order valence-corrected chi connectivity index (χ1v) is 5.79. The average Bonchev–Trinajstić information content (AvgIpc) is 2.51. The molecule has 0 amide bonds. The SMILES string of the molecule is CCOC(=O)C(F)Sc1nc(C)cs1. The van der Waals surface area contributed by atoms with Gasteiger partial charge >= 0.3 is 5.97 Å². The van der Waals surface area contributed by atoms with Gasteiger partial charge in [-0.05, 0) is 25.6 Å². The molecular weight excluding hydrogens is 225 g/mol. The van der Waals surface area contributed by atoms with Crippen LogP contribution in [0, 0.1) is 6.92 Å². The molecule has 0 radical (unpaired) electrons. The molecule has 0 aromatic carbocycles. The number of alkyl halides is 1. The molecule has 0 aliphatic carbocycles. The fourth-order valence-electron chi connectivity index (χ4n) is 0.731. The summed E-state index contributed by atoms with van der Waals surface area (Å²) in [5.41, 5.74) is -0.853. The molecule has 0 aliphatic heterocycles. The first-order chi connectivity index (χ1) is 6.63. The summed E-state index contributed by atoms with van der Waals surface area (Å²) in [6.45, 7) is 3.65. The van der Waals surface area contributed by atoms with Gasteiger partial charge in [-0.1, -0.05) is 0 Å². The van der Waals surface area contributed by atoms with Crippen LogP contribution in [0.5, 0.6) is 0 Å². The number of thioether (sulfide) groups is 1. The van der Waals surface area contributed by atoms with E-state index in [4.69, 9.17) is 0 Å². The summed E-state index contributed by atoms with van der Waals surface area (Å²) in [4.78, 5) is 14.9. The van der Waals surface area contributed by atoms with Gasteiger partial charge in [0.05, 0.1) is 6.61 Å². The Morgan fingerprint density at radius 3 is 3.07 bits per heavy atom. The maximum absolute atomic E-state index is 13.1. The Morgan fingerprint density at radius 2 is 2.57 bits per heavy atom. The molecule has 78 valence electrons. The molecular formula is C8H10FNO2S2. The Bertz CT molecular complexity index is 316. The number of esters is 1. The lowest BCUT2D eigenvalue weighted by atomic mass is 10.6. The number of nitrogens with zero attached hydrogens (tertiary/aromatic N) is 1. The van der Waals surface area contributed by atoms with Crippen molar-refractivity contribution in [3.05, 3.63) is 11.1 Å². The van der Waals surface area contributed by atoms with Gasteiger partial charge in [0.25, 0.3) is 0 Å². The maximum Gasteiger partial charge on any atom is 0.351 e. The van der Waals surface area contributed by atoms with Gasteiger partial charge in [-0.3, -0.25) is 0 Å². The molecule has 1 rings (SSSR count). The Hall–Kier alpha value is -0.620. The lowest BCUT2D eigenvalue weighted by molar-refractivity contribution is -0.145. The van der Waals surface area contributed by atoms with Gasteiger partial charge in [0.2, 0.25) is 5.50 Å². The molecule has 0 spiro atoms. The van der Waals surface area contributed by atoms with Crippen LogP contribution in [-0.2, 0) is 9.53 Å². The number of ether oxygens (including phenoxy) is 1. The summed E-state index contributed by atoms with van der Waals surface area (Å²) in [6.07, 6.45) is 0. The number of thiazole rings is 1. The number of aromatic nitrogens is 1. The zero-order chi connectivity index (χ0) is 10.6. The molecule has 0 fully saturated rings. The van der Waals surface area contributed by atoms with E-state index in [0.717, 1.165) is 17.5 Å². The lowest BCUT2D eigenvalue weighted by Gasteiger charge is -2.04. The maximum atomic E-state index is 13.1. The second-order valence-corrected chi connectivity index (χ2v) is 4.59. The normalized spacial score (nSPS) is 12.5. The average molecular weight is 235 g/mol. The summed E-state index contributed by atoms with van der Waals surface area (Å²) in [5.74, 6) is -0.842. The standard InChI is InChI=1S/C8H10FNO2S2/c1-3-12-7(11)6(9)14-8-10-5(2)4-13-8/h4,6H,3H2,1-2H3. The van der Waals surface area contributed by atoms with Crippen molar-refractivity contribution in [3.8, 4) is 0 Å². The van der Waals surface area contributed by atoms with Crippen LogP contribution in [-0.4, -0.2) is 23.1 Å². The van der Waals surface area contributed by atoms with Crippen LogP contribution in [0.3, 0.4) is 0 Å². The molecule has 0 saturated carbocycles. The summed E-state index contributed by atoms with van der Waals surface area (Å²) in [6, 6.07) is 0. The summed E-state index contributed by atoms with van der Waals surface area (Å²) in [5, 5.41) is 1.81. The zero-order valence-electron chi connectivity index (χ0n) is 7.82. The van der Waals surface area contributed by atoms with E-state index >= 15 is 0 Å². The highest BCUT2D eigenvalue weighted by atomic mass is 32.2. The minimum absolute atomic E-state index is 0.191. The Kier molecular flexibility index (Phi) is 4.34. The van der Waals surface area contributed by atoms with E-state index < -0.39 is 11.5 Å². The van der Waals surface area contributed by atoms with Crippen LogP contribution in [0.25, 0.3) is 0 Å². The minimum atomic E-state index is -1.68. The van der Waals surface area contributed by atoms with Gasteiger partial charge < -0.3 is 4.74 Å². The van der Waals surface area contributed by atoms with Crippen LogP contribution in [0.2, 0.25) is 0 Å². The first-order valence-electron chi connectivity index (χ1n) is 4.03. The lowest BCUT2D eigenvalue weighted by Crippen LogP contribution is -2.15. The van der Waals surface area contributed by atoms with Crippen LogP contribution < -0.4 is 0 Å². The highest BCUT2D eigenvalue weighted by Crippen LogP contribution is 2.27. The number of hydrogen-bond acceptors (Lipinski definition) is 5. The van der Waals surface area contributed by atoms with Gasteiger partial charge in [0.15, 0.2) is 4.34 Å². The van der Waals surface area contributed by atoms with Crippen molar-refractivity contribution in [1.82, 2.24) is 4.98 Å². The van der Waals surface area contributed by atoms with E-state index in [-0.39, 0.29) is 6.61 Å². The van der Waals surface area contributed by atoms with Crippen LogP contribution in [0.15, 0.2) is 9.72 Å². The van der Waals surface area contributed by atoms with Gasteiger partial charge in [0, 0.05) is 11.1 Å². The molecule has 0 saturated heterocycles. The molecule has 1 unspecified atom stereocenters. The van der Waals surface area contributed by atoms with E-state index in [1.54, 1.807) is 12.3 Å². The Morgan fingerprint density at radius 1 is 1.86 bits per heavy atom. The summed E-state index contributed by atoms with van der Waals surface area (Å²) >= 11 is 2.10. The van der Waals surface area contributed by atoms with Crippen molar-refractivity contribution in [2.24, 2.45) is 0 Å². The smallest absolute Gasteiger partial charge is 0.351 e. The molecule has 1 heterocycles. The highest BCUT2D eigenvalue weighted by Gasteiger charge is 2.21. The number of hydrogen-bond donors (Lipinski definition) is 0. The van der Waals surface area contributed by atoms with Crippen molar-refractivity contribution in [1.29, 1.82) is 0 Å². The van der Waals surface area contributed by atoms with E-state index in [0.29, 0.717) is 4.34 Å². The number of carbonyl (C=O) groups is 1. The fraction of sp³-hybridized carbons (Fsp3) is 0.500. The van der Waals surface area contributed by atoms with Crippen molar-refractivity contribution in [3.63, 3.8) is 0 Å². The molecule has 0 N–H and O–H groups in total. The van der Waals surface area contributed by atoms with Gasteiger partial charge in [-0.15, -0.1) is 11.3 Å². The van der Waals surface area contributed by atoms with E-state index in [1.165, 1.54) is 11.3 Å². The number of carbonyl (C=O) groups excluding carboxylic acids is 1. The molecule has 0 aliphatic rings. The largest absolute Gasteiger partial charge is 0.463 e. The van der Waals surface area contributed by atoms with Crippen LogP contribution in [0.1, 0.15) is 12.6 Å². The molecule has 3 nitrogen and oxygen atoms in total. The van der Waals surface area contributed by atoms with E-state index in [9.17, 15) is 9.18 Å². The quantitative estimate of drug-likeness (QED) is 0.593. The number of aryl methyl sites for hydroxylation is 1. The molecule has 1 atom stereocenters. The predicted molar refractivity (Wildman–Crippen MR) is 54.2 cm³/mol. The number of halogens is 1.